The number of amides is 1. The summed E-state index contributed by atoms with van der Waals surface area (Å²) in [6.45, 7) is 1.20. The van der Waals surface area contributed by atoms with E-state index in [0.717, 1.165) is 17.7 Å². The highest BCUT2D eigenvalue weighted by molar-refractivity contribution is 7.14. The molecule has 0 saturated heterocycles. The van der Waals surface area contributed by atoms with E-state index in [9.17, 15) is 4.79 Å². The number of aromatic nitrogens is 2. The van der Waals surface area contributed by atoms with Gasteiger partial charge in [0.05, 0.1) is 18.9 Å². The van der Waals surface area contributed by atoms with Crippen molar-refractivity contribution in [2.24, 2.45) is 0 Å². The van der Waals surface area contributed by atoms with Crippen molar-refractivity contribution in [3.05, 3.63) is 53.7 Å². The van der Waals surface area contributed by atoms with Crippen molar-refractivity contribution in [1.29, 1.82) is 0 Å². The van der Waals surface area contributed by atoms with E-state index in [-0.39, 0.29) is 5.91 Å². The van der Waals surface area contributed by atoms with Crippen molar-refractivity contribution in [3.8, 4) is 22.8 Å². The minimum absolute atomic E-state index is 0.230. The molecule has 7 heteroatoms. The third-order valence-electron chi connectivity index (χ3n) is 3.71. The molecule has 1 aliphatic rings. The lowest BCUT2D eigenvalue weighted by Gasteiger charge is -2.09. The molecule has 4 rings (SSSR count). The summed E-state index contributed by atoms with van der Waals surface area (Å²) in [6.07, 6.45) is 4.25. The Hall–Kier alpha value is -2.93. The summed E-state index contributed by atoms with van der Waals surface area (Å²) in [5, 5.41) is 5.27. The summed E-state index contributed by atoms with van der Waals surface area (Å²) < 4.78 is 11.2. The van der Waals surface area contributed by atoms with Crippen LogP contribution in [0.2, 0.25) is 0 Å². The minimum Gasteiger partial charge on any atom is -0.490 e. The molecule has 2 aromatic heterocycles. The van der Waals surface area contributed by atoms with E-state index in [1.165, 1.54) is 11.3 Å². The third kappa shape index (κ3) is 3.46. The van der Waals surface area contributed by atoms with Crippen LogP contribution >= 0.6 is 11.3 Å². The Bertz CT molecular complexity index is 896. The maximum absolute atomic E-state index is 12.5. The lowest BCUT2D eigenvalue weighted by molar-refractivity contribution is 0.102. The molecule has 1 aliphatic heterocycles. The van der Waals surface area contributed by atoms with Crippen molar-refractivity contribution in [2.45, 2.75) is 6.42 Å². The first-order chi connectivity index (χ1) is 12.3. The lowest BCUT2D eigenvalue weighted by Crippen LogP contribution is -2.12. The van der Waals surface area contributed by atoms with E-state index in [1.807, 2.05) is 17.5 Å². The van der Waals surface area contributed by atoms with Gasteiger partial charge in [0.2, 0.25) is 0 Å². The number of thiazole rings is 1. The van der Waals surface area contributed by atoms with Crippen LogP contribution in [0, 0.1) is 0 Å². The Balaban J connectivity index is 1.51. The fourth-order valence-electron chi connectivity index (χ4n) is 2.46. The number of hydrogen-bond donors (Lipinski definition) is 1. The minimum atomic E-state index is -0.230. The van der Waals surface area contributed by atoms with Gasteiger partial charge in [-0.2, -0.15) is 0 Å². The van der Waals surface area contributed by atoms with Gasteiger partial charge in [-0.25, -0.2) is 4.98 Å². The molecule has 0 unspecified atom stereocenters. The van der Waals surface area contributed by atoms with Gasteiger partial charge in [0.25, 0.3) is 5.91 Å². The number of nitrogens with one attached hydrogen (secondary N) is 1. The quantitative estimate of drug-likeness (QED) is 0.778. The summed E-state index contributed by atoms with van der Waals surface area (Å²) in [5.74, 6) is 1.04. The van der Waals surface area contributed by atoms with E-state index >= 15 is 0 Å². The number of ether oxygens (including phenoxy) is 2. The first-order valence-corrected chi connectivity index (χ1v) is 8.74. The molecule has 0 saturated carbocycles. The highest BCUT2D eigenvalue weighted by Crippen LogP contribution is 2.31. The Morgan fingerprint density at radius 2 is 1.88 bits per heavy atom. The number of carbonyl (C=O) groups is 1. The third-order valence-corrected chi connectivity index (χ3v) is 4.47. The molecular formula is C18H15N3O3S. The number of fused-ring (bicyclic) bond motifs is 1. The smallest absolute Gasteiger partial charge is 0.257 e. The van der Waals surface area contributed by atoms with E-state index in [0.29, 0.717) is 35.4 Å². The van der Waals surface area contributed by atoms with Crippen molar-refractivity contribution < 1.29 is 14.3 Å². The van der Waals surface area contributed by atoms with E-state index in [4.69, 9.17) is 9.47 Å². The lowest BCUT2D eigenvalue weighted by atomic mass is 10.2. The Morgan fingerprint density at radius 1 is 1.08 bits per heavy atom. The van der Waals surface area contributed by atoms with Crippen LogP contribution in [0.3, 0.4) is 0 Å². The largest absolute Gasteiger partial charge is 0.490 e. The van der Waals surface area contributed by atoms with Crippen LogP contribution in [0.25, 0.3) is 11.3 Å². The van der Waals surface area contributed by atoms with Gasteiger partial charge in [0, 0.05) is 35.3 Å². The highest BCUT2D eigenvalue weighted by atomic mass is 32.1. The van der Waals surface area contributed by atoms with Gasteiger partial charge in [0.1, 0.15) is 0 Å². The van der Waals surface area contributed by atoms with Gasteiger partial charge in [0.15, 0.2) is 16.6 Å². The molecule has 126 valence electrons. The normalized spacial score (nSPS) is 13.1. The van der Waals surface area contributed by atoms with Crippen LogP contribution in [0.1, 0.15) is 16.8 Å². The standard InChI is InChI=1S/C18H15N3O3S/c22-17(13-2-3-15-16(10-13)24-9-1-8-23-15)21-18-20-14(11-25-18)12-4-6-19-7-5-12/h2-7,10-11H,1,8-9H2,(H,20,21,22). The molecular weight excluding hydrogens is 338 g/mol. The first kappa shape index (κ1) is 15.6. The van der Waals surface area contributed by atoms with Gasteiger partial charge in [-0.15, -0.1) is 11.3 Å². The highest BCUT2D eigenvalue weighted by Gasteiger charge is 2.15. The zero-order valence-electron chi connectivity index (χ0n) is 13.3. The molecule has 0 radical (unpaired) electrons. The Morgan fingerprint density at radius 3 is 2.72 bits per heavy atom. The summed E-state index contributed by atoms with van der Waals surface area (Å²) >= 11 is 1.38. The van der Waals surface area contributed by atoms with E-state index in [2.05, 4.69) is 15.3 Å². The molecule has 0 bridgehead atoms. The molecule has 6 nitrogen and oxygen atoms in total. The second-order valence-electron chi connectivity index (χ2n) is 5.44. The summed E-state index contributed by atoms with van der Waals surface area (Å²) in [7, 11) is 0. The van der Waals surface area contributed by atoms with Crippen LogP contribution < -0.4 is 14.8 Å². The number of anilines is 1. The molecule has 1 aromatic carbocycles. The zero-order valence-corrected chi connectivity index (χ0v) is 14.1. The van der Waals surface area contributed by atoms with Gasteiger partial charge >= 0.3 is 0 Å². The average molecular weight is 353 g/mol. The number of benzene rings is 1. The molecule has 3 heterocycles. The first-order valence-electron chi connectivity index (χ1n) is 7.86. The zero-order chi connectivity index (χ0) is 17.1. The average Bonchev–Trinajstić information content (AvgIpc) is 2.98. The van der Waals surface area contributed by atoms with Crippen LogP contribution in [-0.4, -0.2) is 29.1 Å². The van der Waals surface area contributed by atoms with Crippen molar-refractivity contribution >= 4 is 22.4 Å². The second kappa shape index (κ2) is 6.90. The van der Waals surface area contributed by atoms with Gasteiger partial charge in [-0.05, 0) is 30.3 Å². The predicted molar refractivity (Wildman–Crippen MR) is 95.3 cm³/mol. The van der Waals surface area contributed by atoms with Crippen LogP contribution in [-0.2, 0) is 0 Å². The summed E-state index contributed by atoms with van der Waals surface area (Å²) in [4.78, 5) is 20.9. The molecule has 1 amide bonds. The second-order valence-corrected chi connectivity index (χ2v) is 6.30. The molecule has 0 fully saturated rings. The monoisotopic (exact) mass is 353 g/mol. The summed E-state index contributed by atoms with van der Waals surface area (Å²) in [5.41, 5.74) is 2.27. The van der Waals surface area contributed by atoms with Crippen molar-refractivity contribution in [2.75, 3.05) is 18.5 Å². The van der Waals surface area contributed by atoms with Crippen LogP contribution in [0.15, 0.2) is 48.1 Å². The molecule has 0 atom stereocenters. The molecule has 0 spiro atoms. The summed E-state index contributed by atoms with van der Waals surface area (Å²) in [6, 6.07) is 8.95. The number of carbonyl (C=O) groups excluding carboxylic acids is 1. The van der Waals surface area contributed by atoms with Gasteiger partial charge in [-0.1, -0.05) is 0 Å². The molecule has 0 aliphatic carbocycles. The fourth-order valence-corrected chi connectivity index (χ4v) is 3.17. The van der Waals surface area contributed by atoms with Crippen molar-refractivity contribution in [1.82, 2.24) is 9.97 Å². The maximum atomic E-state index is 12.5. The molecule has 25 heavy (non-hydrogen) atoms. The van der Waals surface area contributed by atoms with E-state index in [1.54, 1.807) is 30.6 Å². The topological polar surface area (TPSA) is 73.3 Å². The number of nitrogens with zero attached hydrogens (tertiary/aromatic N) is 2. The van der Waals surface area contributed by atoms with Gasteiger partial charge in [-0.3, -0.25) is 15.1 Å². The number of pyridine rings is 1. The molecule has 3 aromatic rings. The Kier molecular flexibility index (Phi) is 4.30. The fraction of sp³-hybridized carbons (Fsp3) is 0.167. The van der Waals surface area contributed by atoms with E-state index < -0.39 is 0 Å². The Labute approximate surface area is 148 Å². The van der Waals surface area contributed by atoms with Crippen LogP contribution in [0.4, 0.5) is 5.13 Å². The maximum Gasteiger partial charge on any atom is 0.257 e. The number of hydrogen-bond acceptors (Lipinski definition) is 6. The molecule has 1 N–H and O–H groups in total. The van der Waals surface area contributed by atoms with Crippen molar-refractivity contribution in [3.63, 3.8) is 0 Å². The van der Waals surface area contributed by atoms with Gasteiger partial charge < -0.3 is 9.47 Å². The SMILES string of the molecule is O=C(Nc1nc(-c2ccncc2)cs1)c1ccc2c(c1)OCCCO2. The van der Waals surface area contributed by atoms with Crippen LogP contribution in [0.5, 0.6) is 11.5 Å². The number of rotatable bonds is 3. The predicted octanol–water partition coefficient (Wildman–Crippen LogP) is 3.62.